The Kier molecular flexibility index (Phi) is 5.90. The maximum atomic E-state index is 12.1. The Hall–Kier alpha value is -1.71. The summed E-state index contributed by atoms with van der Waals surface area (Å²) < 4.78 is 5.72. The van der Waals surface area contributed by atoms with Crippen LogP contribution in [0.1, 0.15) is 38.2 Å². The third kappa shape index (κ3) is 4.66. The summed E-state index contributed by atoms with van der Waals surface area (Å²) in [4.78, 5) is 14.0. The van der Waals surface area contributed by atoms with Crippen LogP contribution in [0.3, 0.4) is 0 Å². The van der Waals surface area contributed by atoms with E-state index in [4.69, 9.17) is 4.74 Å². The van der Waals surface area contributed by atoms with Gasteiger partial charge in [0.1, 0.15) is 5.75 Å². The van der Waals surface area contributed by atoms with Crippen molar-refractivity contribution in [2.24, 2.45) is 0 Å². The Morgan fingerprint density at radius 2 is 2.19 bits per heavy atom. The van der Waals surface area contributed by atoms with Crippen LogP contribution in [-0.4, -0.2) is 36.7 Å². The molecular weight excluding hydrogens is 264 g/mol. The Morgan fingerprint density at radius 1 is 1.38 bits per heavy atom. The summed E-state index contributed by atoms with van der Waals surface area (Å²) >= 11 is 0. The molecule has 0 aliphatic carbocycles. The first-order chi connectivity index (χ1) is 10.2. The molecule has 1 aliphatic rings. The average molecular weight is 290 g/mol. The minimum absolute atomic E-state index is 0.0677. The van der Waals surface area contributed by atoms with Crippen molar-refractivity contribution in [2.75, 3.05) is 19.7 Å². The number of rotatable bonds is 5. The second kappa shape index (κ2) is 7.91. The lowest BCUT2D eigenvalue weighted by Gasteiger charge is -2.33. The van der Waals surface area contributed by atoms with E-state index in [0.29, 0.717) is 19.2 Å². The highest BCUT2D eigenvalue weighted by Gasteiger charge is 2.22. The Labute approximate surface area is 127 Å². The molecule has 1 unspecified atom stereocenters. The van der Waals surface area contributed by atoms with Gasteiger partial charge >= 0.3 is 6.03 Å². The largest absolute Gasteiger partial charge is 0.493 e. The SMILES string of the molecule is Cc1ccccc1OCCCNC(=O)N1CCCCC1C. The minimum Gasteiger partial charge on any atom is -0.493 e. The van der Waals surface area contributed by atoms with E-state index in [1.807, 2.05) is 36.1 Å². The second-order valence-electron chi connectivity index (χ2n) is 5.74. The van der Waals surface area contributed by atoms with E-state index in [1.165, 1.54) is 6.42 Å². The number of piperidine rings is 1. The number of benzene rings is 1. The number of ether oxygens (including phenoxy) is 1. The Morgan fingerprint density at radius 3 is 2.95 bits per heavy atom. The van der Waals surface area contributed by atoms with Crippen LogP contribution in [0.25, 0.3) is 0 Å². The highest BCUT2D eigenvalue weighted by molar-refractivity contribution is 5.74. The highest BCUT2D eigenvalue weighted by Crippen LogP contribution is 2.17. The first-order valence-corrected chi connectivity index (χ1v) is 7.91. The predicted molar refractivity (Wildman–Crippen MR) is 84.7 cm³/mol. The molecule has 4 heteroatoms. The molecule has 4 nitrogen and oxygen atoms in total. The van der Waals surface area contributed by atoms with Crippen molar-refractivity contribution in [1.29, 1.82) is 0 Å². The smallest absolute Gasteiger partial charge is 0.317 e. The Balaban J connectivity index is 1.63. The third-order valence-electron chi connectivity index (χ3n) is 4.01. The lowest BCUT2D eigenvalue weighted by atomic mass is 10.0. The molecule has 1 atom stereocenters. The molecule has 0 spiro atoms. The molecule has 1 N–H and O–H groups in total. The lowest BCUT2D eigenvalue weighted by molar-refractivity contribution is 0.157. The quantitative estimate of drug-likeness (QED) is 0.845. The molecule has 2 amide bonds. The number of likely N-dealkylation sites (tertiary alicyclic amines) is 1. The van der Waals surface area contributed by atoms with Crippen molar-refractivity contribution in [3.05, 3.63) is 29.8 Å². The van der Waals surface area contributed by atoms with Crippen LogP contribution in [0.2, 0.25) is 0 Å². The van der Waals surface area contributed by atoms with Crippen LogP contribution in [0.5, 0.6) is 5.75 Å². The third-order valence-corrected chi connectivity index (χ3v) is 4.01. The van der Waals surface area contributed by atoms with Gasteiger partial charge in [0.2, 0.25) is 0 Å². The van der Waals surface area contributed by atoms with Crippen LogP contribution in [0.4, 0.5) is 4.79 Å². The topological polar surface area (TPSA) is 41.6 Å². The number of carbonyl (C=O) groups excluding carboxylic acids is 1. The number of amides is 2. The zero-order valence-electron chi connectivity index (χ0n) is 13.1. The molecule has 1 fully saturated rings. The lowest BCUT2D eigenvalue weighted by Crippen LogP contribution is -2.47. The van der Waals surface area contributed by atoms with Gasteiger partial charge in [-0.3, -0.25) is 0 Å². The van der Waals surface area contributed by atoms with Crippen LogP contribution in [0.15, 0.2) is 24.3 Å². The molecule has 1 heterocycles. The van der Waals surface area contributed by atoms with Crippen LogP contribution >= 0.6 is 0 Å². The van der Waals surface area contributed by atoms with Gasteiger partial charge in [-0.2, -0.15) is 0 Å². The molecule has 1 aromatic carbocycles. The summed E-state index contributed by atoms with van der Waals surface area (Å²) in [6, 6.07) is 8.42. The summed E-state index contributed by atoms with van der Waals surface area (Å²) in [7, 11) is 0. The first-order valence-electron chi connectivity index (χ1n) is 7.91. The number of hydrogen-bond donors (Lipinski definition) is 1. The molecule has 21 heavy (non-hydrogen) atoms. The minimum atomic E-state index is 0.0677. The molecule has 1 aliphatic heterocycles. The molecule has 1 aromatic rings. The molecule has 0 aromatic heterocycles. The van der Waals surface area contributed by atoms with E-state index < -0.39 is 0 Å². The summed E-state index contributed by atoms with van der Waals surface area (Å²) in [5.74, 6) is 0.925. The van der Waals surface area contributed by atoms with Crippen LogP contribution < -0.4 is 10.1 Å². The fourth-order valence-electron chi connectivity index (χ4n) is 2.67. The number of aryl methyl sites for hydroxylation is 1. The number of hydrogen-bond acceptors (Lipinski definition) is 2. The average Bonchev–Trinajstić information content (AvgIpc) is 2.49. The van der Waals surface area contributed by atoms with E-state index in [2.05, 4.69) is 12.2 Å². The molecule has 0 radical (unpaired) electrons. The normalized spacial score (nSPS) is 18.4. The van der Waals surface area contributed by atoms with E-state index >= 15 is 0 Å². The van der Waals surface area contributed by atoms with Gasteiger partial charge in [-0.15, -0.1) is 0 Å². The molecule has 0 saturated carbocycles. The zero-order valence-corrected chi connectivity index (χ0v) is 13.1. The zero-order chi connectivity index (χ0) is 15.1. The van der Waals surface area contributed by atoms with Crippen molar-refractivity contribution < 1.29 is 9.53 Å². The van der Waals surface area contributed by atoms with Crippen LogP contribution in [0, 0.1) is 6.92 Å². The van der Waals surface area contributed by atoms with Gasteiger partial charge < -0.3 is 15.0 Å². The molecular formula is C17H26N2O2. The summed E-state index contributed by atoms with van der Waals surface area (Å²) in [6.45, 7) is 6.33. The second-order valence-corrected chi connectivity index (χ2v) is 5.74. The summed E-state index contributed by atoms with van der Waals surface area (Å²) in [6.07, 6.45) is 4.29. The van der Waals surface area contributed by atoms with Crippen molar-refractivity contribution >= 4 is 6.03 Å². The van der Waals surface area contributed by atoms with E-state index in [9.17, 15) is 4.79 Å². The van der Waals surface area contributed by atoms with Gasteiger partial charge in [0.25, 0.3) is 0 Å². The molecule has 0 bridgehead atoms. The van der Waals surface area contributed by atoms with Crippen molar-refractivity contribution in [1.82, 2.24) is 10.2 Å². The van der Waals surface area contributed by atoms with Gasteiger partial charge in [-0.1, -0.05) is 18.2 Å². The number of nitrogens with one attached hydrogen (secondary N) is 1. The van der Waals surface area contributed by atoms with Gasteiger partial charge in [0.05, 0.1) is 6.61 Å². The fraction of sp³-hybridized carbons (Fsp3) is 0.588. The number of urea groups is 1. The van der Waals surface area contributed by atoms with Crippen molar-refractivity contribution in [2.45, 2.75) is 45.6 Å². The molecule has 1 saturated heterocycles. The first kappa shape index (κ1) is 15.7. The van der Waals surface area contributed by atoms with Crippen molar-refractivity contribution in [3.8, 4) is 5.75 Å². The van der Waals surface area contributed by atoms with Gasteiger partial charge in [-0.05, 0) is 51.2 Å². The number of carbonyl (C=O) groups is 1. The highest BCUT2D eigenvalue weighted by atomic mass is 16.5. The standard InChI is InChI=1S/C17H26N2O2/c1-14-8-3-4-10-16(14)21-13-7-11-18-17(20)19-12-6-5-9-15(19)2/h3-4,8,10,15H,5-7,9,11-13H2,1-2H3,(H,18,20). The number of nitrogens with zero attached hydrogens (tertiary/aromatic N) is 1. The predicted octanol–water partition coefficient (Wildman–Crippen LogP) is 3.35. The van der Waals surface area contributed by atoms with E-state index in [1.54, 1.807) is 0 Å². The van der Waals surface area contributed by atoms with E-state index in [-0.39, 0.29) is 6.03 Å². The summed E-state index contributed by atoms with van der Waals surface area (Å²) in [5, 5.41) is 2.99. The van der Waals surface area contributed by atoms with Gasteiger partial charge in [-0.25, -0.2) is 4.79 Å². The van der Waals surface area contributed by atoms with Gasteiger partial charge in [0.15, 0.2) is 0 Å². The van der Waals surface area contributed by atoms with Gasteiger partial charge in [0, 0.05) is 19.1 Å². The maximum absolute atomic E-state index is 12.1. The Bertz CT molecular complexity index is 462. The maximum Gasteiger partial charge on any atom is 0.317 e. The molecule has 116 valence electrons. The number of para-hydroxylation sites is 1. The molecule has 2 rings (SSSR count). The van der Waals surface area contributed by atoms with Crippen molar-refractivity contribution in [3.63, 3.8) is 0 Å². The van der Waals surface area contributed by atoms with Crippen LogP contribution in [-0.2, 0) is 0 Å². The fourth-order valence-corrected chi connectivity index (χ4v) is 2.67. The summed E-state index contributed by atoms with van der Waals surface area (Å²) in [5.41, 5.74) is 1.14. The van der Waals surface area contributed by atoms with E-state index in [0.717, 1.165) is 37.1 Å². The monoisotopic (exact) mass is 290 g/mol.